The number of rotatable bonds is 1. The van der Waals surface area contributed by atoms with Gasteiger partial charge in [0, 0.05) is 4.48 Å². The van der Waals surface area contributed by atoms with Crippen LogP contribution in [0.15, 0.2) is 22.7 Å². The van der Waals surface area contributed by atoms with Crippen LogP contribution in [0.1, 0.15) is 6.42 Å². The van der Waals surface area contributed by atoms with E-state index in [1.54, 1.807) is 0 Å². The lowest BCUT2D eigenvalue weighted by Gasteiger charge is -2.07. The summed E-state index contributed by atoms with van der Waals surface area (Å²) < 4.78 is 0.928. The van der Waals surface area contributed by atoms with Crippen LogP contribution < -0.4 is 0 Å². The Kier molecular flexibility index (Phi) is 2.69. The summed E-state index contributed by atoms with van der Waals surface area (Å²) >= 11 is 8.54. The Morgan fingerprint density at radius 3 is 2.90 bits per heavy atom. The molecule has 1 unspecified atom stereocenters. The summed E-state index contributed by atoms with van der Waals surface area (Å²) in [5.41, 5.74) is 0. The first-order chi connectivity index (χ1) is 4.70. The van der Waals surface area contributed by atoms with Crippen LogP contribution in [0, 0.1) is 5.92 Å². The minimum absolute atomic E-state index is 0.138. The second-order valence-electron chi connectivity index (χ2n) is 2.10. The summed E-state index contributed by atoms with van der Waals surface area (Å²) in [5.74, 6) is -0.138. The zero-order chi connectivity index (χ0) is 7.56. The number of carbonyl (C=O) groups excluding carboxylic acids is 1. The standard InChI is InChI=1S/C7H6BrClO/c8-6-3-1-2-5(4-6)7(9)10/h1,3-5H,2H2. The molecule has 0 aliphatic heterocycles. The molecule has 0 amide bonds. The molecule has 0 saturated carbocycles. The highest BCUT2D eigenvalue weighted by molar-refractivity contribution is 9.11. The molecular weight excluding hydrogens is 215 g/mol. The largest absolute Gasteiger partial charge is 0.281 e. The van der Waals surface area contributed by atoms with Gasteiger partial charge in [-0.1, -0.05) is 34.2 Å². The summed E-state index contributed by atoms with van der Waals surface area (Å²) in [6.07, 6.45) is 6.37. The molecule has 1 atom stereocenters. The van der Waals surface area contributed by atoms with Gasteiger partial charge >= 0.3 is 0 Å². The van der Waals surface area contributed by atoms with Crippen LogP contribution in [-0.4, -0.2) is 5.24 Å². The second-order valence-corrected chi connectivity index (χ2v) is 3.39. The maximum atomic E-state index is 10.6. The normalized spacial score (nSPS) is 24.2. The lowest BCUT2D eigenvalue weighted by atomic mass is 10.0. The third-order valence-corrected chi connectivity index (χ3v) is 2.13. The van der Waals surface area contributed by atoms with Crippen molar-refractivity contribution < 1.29 is 4.79 Å². The van der Waals surface area contributed by atoms with Gasteiger partial charge in [0.25, 0.3) is 0 Å². The molecule has 0 fully saturated rings. The molecule has 0 N–H and O–H groups in total. The van der Waals surface area contributed by atoms with Crippen molar-refractivity contribution in [2.45, 2.75) is 6.42 Å². The lowest BCUT2D eigenvalue weighted by molar-refractivity contribution is -0.113. The Labute approximate surface area is 72.9 Å². The van der Waals surface area contributed by atoms with E-state index in [1.807, 2.05) is 18.2 Å². The SMILES string of the molecule is O=C(Cl)C1C=C(Br)C=CC1. The van der Waals surface area contributed by atoms with E-state index in [9.17, 15) is 4.79 Å². The summed E-state index contributed by atoms with van der Waals surface area (Å²) in [5, 5.41) is -0.290. The van der Waals surface area contributed by atoms with Gasteiger partial charge in [0.2, 0.25) is 5.24 Å². The van der Waals surface area contributed by atoms with E-state index in [2.05, 4.69) is 15.9 Å². The predicted octanol–water partition coefficient (Wildman–Crippen LogP) is 2.61. The van der Waals surface area contributed by atoms with Crippen molar-refractivity contribution in [2.75, 3.05) is 0 Å². The predicted molar refractivity (Wildman–Crippen MR) is 45.1 cm³/mol. The van der Waals surface area contributed by atoms with Crippen LogP contribution in [0.25, 0.3) is 0 Å². The first-order valence-corrected chi connectivity index (χ1v) is 4.10. The van der Waals surface area contributed by atoms with E-state index in [0.29, 0.717) is 0 Å². The van der Waals surface area contributed by atoms with Gasteiger partial charge in [0.05, 0.1) is 5.92 Å². The van der Waals surface area contributed by atoms with Gasteiger partial charge in [-0.2, -0.15) is 0 Å². The van der Waals surface area contributed by atoms with Crippen LogP contribution in [0.3, 0.4) is 0 Å². The van der Waals surface area contributed by atoms with Gasteiger partial charge in [-0.3, -0.25) is 4.79 Å². The third-order valence-electron chi connectivity index (χ3n) is 1.32. The number of allylic oxidation sites excluding steroid dienone is 4. The molecule has 0 aromatic rings. The Hall–Kier alpha value is -0.0800. The summed E-state index contributed by atoms with van der Waals surface area (Å²) in [4.78, 5) is 10.6. The molecule has 0 aromatic carbocycles. The van der Waals surface area contributed by atoms with Crippen molar-refractivity contribution in [1.82, 2.24) is 0 Å². The maximum Gasteiger partial charge on any atom is 0.228 e. The van der Waals surface area contributed by atoms with Crippen molar-refractivity contribution in [2.24, 2.45) is 5.92 Å². The topological polar surface area (TPSA) is 17.1 Å². The molecule has 0 saturated heterocycles. The molecule has 0 heterocycles. The summed E-state index contributed by atoms with van der Waals surface area (Å²) in [7, 11) is 0. The van der Waals surface area contributed by atoms with Gasteiger partial charge in [-0.05, 0) is 18.0 Å². The molecule has 54 valence electrons. The van der Waals surface area contributed by atoms with Gasteiger partial charge < -0.3 is 0 Å². The molecule has 0 radical (unpaired) electrons. The van der Waals surface area contributed by atoms with E-state index < -0.39 is 0 Å². The first-order valence-electron chi connectivity index (χ1n) is 2.93. The zero-order valence-electron chi connectivity index (χ0n) is 5.18. The molecule has 0 spiro atoms. The lowest BCUT2D eigenvalue weighted by Crippen LogP contribution is -2.06. The van der Waals surface area contributed by atoms with Crippen LogP contribution >= 0.6 is 27.5 Å². The van der Waals surface area contributed by atoms with Crippen LogP contribution in [0.4, 0.5) is 0 Å². The number of hydrogen-bond donors (Lipinski definition) is 0. The van der Waals surface area contributed by atoms with Crippen molar-refractivity contribution in [3.05, 3.63) is 22.7 Å². The smallest absolute Gasteiger partial charge is 0.228 e. The number of carbonyl (C=O) groups is 1. The van der Waals surface area contributed by atoms with E-state index in [-0.39, 0.29) is 11.2 Å². The van der Waals surface area contributed by atoms with Crippen LogP contribution in [0.5, 0.6) is 0 Å². The van der Waals surface area contributed by atoms with E-state index in [1.165, 1.54) is 0 Å². The minimum Gasteiger partial charge on any atom is -0.281 e. The quantitative estimate of drug-likeness (QED) is 0.622. The molecule has 1 rings (SSSR count). The van der Waals surface area contributed by atoms with Gasteiger partial charge in [-0.25, -0.2) is 0 Å². The molecule has 1 aliphatic carbocycles. The molecule has 1 aliphatic rings. The van der Waals surface area contributed by atoms with Crippen molar-refractivity contribution in [1.29, 1.82) is 0 Å². The number of halogens is 2. The zero-order valence-corrected chi connectivity index (χ0v) is 7.52. The Morgan fingerprint density at radius 1 is 1.80 bits per heavy atom. The van der Waals surface area contributed by atoms with E-state index in [4.69, 9.17) is 11.6 Å². The maximum absolute atomic E-state index is 10.6. The van der Waals surface area contributed by atoms with Gasteiger partial charge in [0.1, 0.15) is 0 Å². The van der Waals surface area contributed by atoms with Crippen LogP contribution in [-0.2, 0) is 4.79 Å². The Morgan fingerprint density at radius 2 is 2.50 bits per heavy atom. The molecule has 10 heavy (non-hydrogen) atoms. The molecular formula is C7H6BrClO. The van der Waals surface area contributed by atoms with Crippen molar-refractivity contribution in [3.8, 4) is 0 Å². The van der Waals surface area contributed by atoms with Crippen molar-refractivity contribution in [3.63, 3.8) is 0 Å². The van der Waals surface area contributed by atoms with E-state index >= 15 is 0 Å². The molecule has 3 heteroatoms. The minimum atomic E-state index is -0.290. The van der Waals surface area contributed by atoms with Gasteiger partial charge in [0.15, 0.2) is 0 Å². The average molecular weight is 221 g/mol. The van der Waals surface area contributed by atoms with Crippen molar-refractivity contribution >= 4 is 32.8 Å². The molecule has 1 nitrogen and oxygen atoms in total. The Balaban J connectivity index is 2.69. The fourth-order valence-corrected chi connectivity index (χ4v) is 1.46. The molecule has 0 bridgehead atoms. The molecule has 0 aromatic heterocycles. The second kappa shape index (κ2) is 3.35. The first kappa shape index (κ1) is 8.02. The van der Waals surface area contributed by atoms with Gasteiger partial charge in [-0.15, -0.1) is 0 Å². The summed E-state index contributed by atoms with van der Waals surface area (Å²) in [6, 6.07) is 0. The fraction of sp³-hybridized carbons (Fsp3) is 0.286. The van der Waals surface area contributed by atoms with E-state index in [0.717, 1.165) is 10.9 Å². The fourth-order valence-electron chi connectivity index (χ4n) is 0.801. The average Bonchev–Trinajstić information content (AvgIpc) is 1.88. The monoisotopic (exact) mass is 220 g/mol. The highest BCUT2D eigenvalue weighted by atomic mass is 79.9. The number of hydrogen-bond acceptors (Lipinski definition) is 1. The Bertz CT molecular complexity index is 208. The summed E-state index contributed by atoms with van der Waals surface area (Å²) in [6.45, 7) is 0. The van der Waals surface area contributed by atoms with Crippen LogP contribution in [0.2, 0.25) is 0 Å². The highest BCUT2D eigenvalue weighted by Crippen LogP contribution is 2.21. The third kappa shape index (κ3) is 1.96. The highest BCUT2D eigenvalue weighted by Gasteiger charge is 2.13.